The van der Waals surface area contributed by atoms with Gasteiger partial charge in [-0.1, -0.05) is 60.1 Å². The zero-order valence-electron chi connectivity index (χ0n) is 24.2. The molecule has 1 saturated heterocycles. The van der Waals surface area contributed by atoms with E-state index in [2.05, 4.69) is 4.90 Å². The Bertz CT molecular complexity index is 1830. The van der Waals surface area contributed by atoms with Crippen LogP contribution < -0.4 is 17.0 Å². The minimum Gasteiger partial charge on any atom is -0.364 e. The first-order chi connectivity index (χ1) is 21.5. The van der Waals surface area contributed by atoms with Crippen LogP contribution in [0.5, 0.6) is 0 Å². The monoisotopic (exact) mass is 642 g/mol. The molecule has 0 amide bonds. The van der Waals surface area contributed by atoms with Gasteiger partial charge in [-0.15, -0.1) is 0 Å². The fourth-order valence-electron chi connectivity index (χ4n) is 6.46. The fourth-order valence-corrected chi connectivity index (χ4v) is 6.67. The van der Waals surface area contributed by atoms with Crippen LogP contribution in [0.4, 0.5) is 17.6 Å². The molecule has 45 heavy (non-hydrogen) atoms. The molecule has 1 spiro atoms. The summed E-state index contributed by atoms with van der Waals surface area (Å²) in [5.74, 6) is -1.10. The molecule has 0 radical (unpaired) electrons. The highest BCUT2D eigenvalue weighted by molar-refractivity contribution is 6.30. The minimum absolute atomic E-state index is 0.161. The van der Waals surface area contributed by atoms with E-state index >= 15 is 4.39 Å². The van der Waals surface area contributed by atoms with Gasteiger partial charge >= 0.3 is 11.9 Å². The van der Waals surface area contributed by atoms with Crippen LogP contribution in [0.25, 0.3) is 0 Å². The molecule has 0 bridgehead atoms. The summed E-state index contributed by atoms with van der Waals surface area (Å²) >= 11 is 6.16. The standard InChI is InChI=1S/C33H31ClF4N4O3/c34-23-9-4-6-21(16-23)17-40-14-12-32(13-15-40)29-28(20-45-32)41(18-24-25(33(36,37)38)10-5-11-26(24)35)31(44)42(30(29)43)19-27(39)22-7-2-1-3-8-22/h1-11,16,27H,12-15,17-20,39H2. The number of halogens is 5. The summed E-state index contributed by atoms with van der Waals surface area (Å²) in [5.41, 5.74) is 4.09. The van der Waals surface area contributed by atoms with E-state index < -0.39 is 52.6 Å². The lowest BCUT2D eigenvalue weighted by Gasteiger charge is -2.39. The Morgan fingerprint density at radius 2 is 1.64 bits per heavy atom. The van der Waals surface area contributed by atoms with Crippen LogP contribution in [0.2, 0.25) is 5.02 Å². The number of rotatable bonds is 7. The highest BCUT2D eigenvalue weighted by atomic mass is 35.5. The number of hydrogen-bond acceptors (Lipinski definition) is 5. The molecule has 236 valence electrons. The number of likely N-dealkylation sites (tertiary alicyclic amines) is 1. The third-order valence-electron chi connectivity index (χ3n) is 8.78. The van der Waals surface area contributed by atoms with E-state index in [9.17, 15) is 22.8 Å². The number of benzene rings is 3. The first-order valence-electron chi connectivity index (χ1n) is 14.6. The normalized spacial score (nSPS) is 17.0. The fraction of sp³-hybridized carbons (Fsp3) is 0.333. The van der Waals surface area contributed by atoms with Gasteiger partial charge in [-0.05, 0) is 48.2 Å². The number of ether oxygens (including phenoxy) is 1. The van der Waals surface area contributed by atoms with Gasteiger partial charge in [0.05, 0.1) is 36.5 Å². The summed E-state index contributed by atoms with van der Waals surface area (Å²) in [4.78, 5) is 30.3. The Kier molecular flexibility index (Phi) is 8.47. The molecular weight excluding hydrogens is 612 g/mol. The summed E-state index contributed by atoms with van der Waals surface area (Å²) in [7, 11) is 0. The number of alkyl halides is 3. The summed E-state index contributed by atoms with van der Waals surface area (Å²) < 4.78 is 65.1. The summed E-state index contributed by atoms with van der Waals surface area (Å²) in [6.07, 6.45) is -4.04. The van der Waals surface area contributed by atoms with E-state index in [1.54, 1.807) is 36.4 Å². The highest BCUT2D eigenvalue weighted by Crippen LogP contribution is 2.43. The van der Waals surface area contributed by atoms with Crippen LogP contribution in [0, 0.1) is 5.82 Å². The van der Waals surface area contributed by atoms with Crippen molar-refractivity contribution >= 4 is 11.6 Å². The van der Waals surface area contributed by atoms with Crippen molar-refractivity contribution in [2.24, 2.45) is 5.73 Å². The molecule has 3 heterocycles. The Labute approximate surface area is 261 Å². The van der Waals surface area contributed by atoms with Crippen LogP contribution >= 0.6 is 11.6 Å². The molecule has 1 aromatic heterocycles. The lowest BCUT2D eigenvalue weighted by Crippen LogP contribution is -2.49. The van der Waals surface area contributed by atoms with Crippen molar-refractivity contribution in [3.8, 4) is 0 Å². The average molecular weight is 643 g/mol. The Hall–Kier alpha value is -3.77. The zero-order valence-corrected chi connectivity index (χ0v) is 25.0. The van der Waals surface area contributed by atoms with Crippen molar-refractivity contribution in [3.05, 3.63) is 138 Å². The number of piperidine rings is 1. The van der Waals surface area contributed by atoms with E-state index in [0.29, 0.717) is 43.1 Å². The maximum atomic E-state index is 15.0. The lowest BCUT2D eigenvalue weighted by atomic mass is 9.85. The molecule has 1 unspecified atom stereocenters. The second kappa shape index (κ2) is 12.2. The SMILES string of the molecule is NC(Cn1c(=O)c2c(n(Cc3c(F)cccc3C(F)(F)F)c1=O)COC21CCN(Cc2cccc(Cl)c2)CC1)c1ccccc1. The van der Waals surface area contributed by atoms with Gasteiger partial charge in [0.25, 0.3) is 5.56 Å². The highest BCUT2D eigenvalue weighted by Gasteiger charge is 2.47. The molecule has 1 fully saturated rings. The predicted octanol–water partition coefficient (Wildman–Crippen LogP) is 5.59. The van der Waals surface area contributed by atoms with Crippen molar-refractivity contribution in [1.82, 2.24) is 14.0 Å². The molecule has 2 aliphatic heterocycles. The van der Waals surface area contributed by atoms with Crippen molar-refractivity contribution in [2.75, 3.05) is 13.1 Å². The number of fused-ring (bicyclic) bond motifs is 2. The van der Waals surface area contributed by atoms with Gasteiger partial charge in [0, 0.05) is 36.3 Å². The van der Waals surface area contributed by atoms with Crippen LogP contribution in [-0.2, 0) is 42.8 Å². The van der Waals surface area contributed by atoms with Crippen molar-refractivity contribution in [2.45, 2.75) is 56.9 Å². The number of nitrogens with zero attached hydrogens (tertiary/aromatic N) is 3. The Morgan fingerprint density at radius 3 is 2.33 bits per heavy atom. The molecule has 12 heteroatoms. The molecule has 3 aromatic carbocycles. The van der Waals surface area contributed by atoms with Gasteiger partial charge in [0.1, 0.15) is 11.4 Å². The molecule has 1 atom stereocenters. The molecule has 7 nitrogen and oxygen atoms in total. The van der Waals surface area contributed by atoms with E-state index in [4.69, 9.17) is 22.1 Å². The van der Waals surface area contributed by atoms with Crippen LogP contribution in [-0.4, -0.2) is 27.1 Å². The van der Waals surface area contributed by atoms with Crippen molar-refractivity contribution in [3.63, 3.8) is 0 Å². The zero-order chi connectivity index (χ0) is 31.9. The van der Waals surface area contributed by atoms with Gasteiger partial charge in [-0.25, -0.2) is 9.18 Å². The van der Waals surface area contributed by atoms with E-state index in [1.165, 1.54) is 0 Å². The molecular formula is C33H31ClF4N4O3. The lowest BCUT2D eigenvalue weighted by molar-refractivity contribution is -0.138. The average Bonchev–Trinajstić information content (AvgIpc) is 3.37. The van der Waals surface area contributed by atoms with Gasteiger partial charge in [-0.3, -0.25) is 18.8 Å². The molecule has 0 aliphatic carbocycles. The summed E-state index contributed by atoms with van der Waals surface area (Å²) in [6.45, 7) is 0.612. The maximum Gasteiger partial charge on any atom is 0.416 e. The van der Waals surface area contributed by atoms with Gasteiger partial charge in [0.15, 0.2) is 0 Å². The molecule has 6 rings (SSSR count). The topological polar surface area (TPSA) is 82.5 Å². The maximum absolute atomic E-state index is 15.0. The second-order valence-corrected chi connectivity index (χ2v) is 12.0. The van der Waals surface area contributed by atoms with Crippen LogP contribution in [0.15, 0.2) is 82.4 Å². The molecule has 2 N–H and O–H groups in total. The van der Waals surface area contributed by atoms with E-state index in [0.717, 1.165) is 32.9 Å². The third-order valence-corrected chi connectivity index (χ3v) is 9.02. The Balaban J connectivity index is 1.42. The summed E-state index contributed by atoms with van der Waals surface area (Å²) in [5, 5.41) is 0.629. The molecule has 4 aromatic rings. The largest absolute Gasteiger partial charge is 0.416 e. The third kappa shape index (κ3) is 6.09. The second-order valence-electron chi connectivity index (χ2n) is 11.6. The van der Waals surface area contributed by atoms with E-state index in [1.807, 2.05) is 18.2 Å². The summed E-state index contributed by atoms with van der Waals surface area (Å²) in [6, 6.07) is 18.3. The van der Waals surface area contributed by atoms with Crippen LogP contribution in [0.3, 0.4) is 0 Å². The number of hydrogen-bond donors (Lipinski definition) is 1. The first-order valence-corrected chi connectivity index (χ1v) is 15.0. The van der Waals surface area contributed by atoms with E-state index in [-0.39, 0.29) is 24.4 Å². The smallest absolute Gasteiger partial charge is 0.364 e. The van der Waals surface area contributed by atoms with Crippen LogP contribution in [0.1, 0.15) is 52.4 Å². The first kappa shape index (κ1) is 31.2. The number of nitrogens with two attached hydrogens (primary N) is 1. The van der Waals surface area contributed by atoms with Crippen molar-refractivity contribution < 1.29 is 22.3 Å². The van der Waals surface area contributed by atoms with Gasteiger partial charge in [-0.2, -0.15) is 13.2 Å². The van der Waals surface area contributed by atoms with Gasteiger partial charge < -0.3 is 10.5 Å². The molecule has 2 aliphatic rings. The van der Waals surface area contributed by atoms with Crippen molar-refractivity contribution in [1.29, 1.82) is 0 Å². The Morgan fingerprint density at radius 1 is 0.933 bits per heavy atom. The predicted molar refractivity (Wildman–Crippen MR) is 161 cm³/mol. The molecule has 0 saturated carbocycles. The van der Waals surface area contributed by atoms with Gasteiger partial charge in [0.2, 0.25) is 0 Å². The number of aromatic nitrogens is 2. The quantitative estimate of drug-likeness (QED) is 0.266. The minimum atomic E-state index is -4.86.